The van der Waals surface area contributed by atoms with Crippen LogP contribution in [0, 0.1) is 0 Å². The van der Waals surface area contributed by atoms with Crippen LogP contribution in [0.5, 0.6) is 0 Å². The summed E-state index contributed by atoms with van der Waals surface area (Å²) in [4.78, 5) is 0.857. The van der Waals surface area contributed by atoms with E-state index < -0.39 is 11.2 Å². The first-order valence-electron chi connectivity index (χ1n) is 3.30. The van der Waals surface area contributed by atoms with Gasteiger partial charge in [-0.1, -0.05) is 24.8 Å². The van der Waals surface area contributed by atoms with Crippen LogP contribution in [-0.2, 0) is 11.2 Å². The van der Waals surface area contributed by atoms with Crippen molar-refractivity contribution < 1.29 is 4.55 Å². The highest BCUT2D eigenvalue weighted by Crippen LogP contribution is 2.10. The van der Waals surface area contributed by atoms with Crippen molar-refractivity contribution in [3.8, 4) is 0 Å². The molecule has 1 rings (SSSR count). The summed E-state index contributed by atoms with van der Waals surface area (Å²) in [6, 6.07) is 7.52. The minimum absolute atomic E-state index is 0.857. The summed E-state index contributed by atoms with van der Waals surface area (Å²) in [7, 11) is 0. The van der Waals surface area contributed by atoms with Crippen molar-refractivity contribution in [2.45, 2.75) is 4.90 Å². The second kappa shape index (κ2) is 3.60. The number of benzene rings is 1. The summed E-state index contributed by atoms with van der Waals surface area (Å²) in [5.74, 6) is 0. The zero-order chi connectivity index (χ0) is 8.27. The van der Waals surface area contributed by atoms with Crippen LogP contribution in [0.15, 0.2) is 35.7 Å². The van der Waals surface area contributed by atoms with E-state index >= 15 is 0 Å². The van der Waals surface area contributed by atoms with Gasteiger partial charge in [-0.25, -0.2) is 0 Å². The lowest BCUT2D eigenvalue weighted by molar-refractivity contribution is 0.601. The van der Waals surface area contributed by atoms with E-state index in [0.29, 0.717) is 0 Å². The van der Waals surface area contributed by atoms with E-state index in [-0.39, 0.29) is 0 Å². The van der Waals surface area contributed by atoms with Gasteiger partial charge in [-0.3, -0.25) is 0 Å². The largest absolute Gasteiger partial charge is 0.612 e. The summed E-state index contributed by atoms with van der Waals surface area (Å²) in [5.41, 5.74) is 1.05. The van der Waals surface area contributed by atoms with Gasteiger partial charge in [-0.15, -0.1) is 0 Å². The van der Waals surface area contributed by atoms with Crippen LogP contribution >= 0.6 is 0 Å². The van der Waals surface area contributed by atoms with Crippen LogP contribution in [0.4, 0.5) is 0 Å². The molecule has 1 nitrogen and oxygen atoms in total. The zero-order valence-electron chi connectivity index (χ0n) is 6.41. The minimum Gasteiger partial charge on any atom is -0.612 e. The van der Waals surface area contributed by atoms with Gasteiger partial charge in [-0.2, -0.15) is 0 Å². The third-order valence-electron chi connectivity index (χ3n) is 1.45. The number of hydrogen-bond donors (Lipinski definition) is 0. The van der Waals surface area contributed by atoms with Crippen LogP contribution in [0.25, 0.3) is 6.08 Å². The van der Waals surface area contributed by atoms with Crippen molar-refractivity contribution >= 4 is 17.3 Å². The highest BCUT2D eigenvalue weighted by Gasteiger charge is 2.00. The van der Waals surface area contributed by atoms with Gasteiger partial charge in [0.1, 0.15) is 6.26 Å². The summed E-state index contributed by atoms with van der Waals surface area (Å²) in [6.45, 7) is 3.63. The molecule has 0 bridgehead atoms. The third kappa shape index (κ3) is 2.10. The highest BCUT2D eigenvalue weighted by molar-refractivity contribution is 7.90. The van der Waals surface area contributed by atoms with Gasteiger partial charge in [0.2, 0.25) is 0 Å². The molecule has 0 spiro atoms. The fourth-order valence-corrected chi connectivity index (χ4v) is 1.31. The van der Waals surface area contributed by atoms with E-state index in [1.165, 1.54) is 0 Å². The van der Waals surface area contributed by atoms with E-state index in [2.05, 4.69) is 6.58 Å². The molecule has 0 N–H and O–H groups in total. The smallest absolute Gasteiger partial charge is 0.152 e. The Morgan fingerprint density at radius 3 is 2.27 bits per heavy atom. The summed E-state index contributed by atoms with van der Waals surface area (Å²) < 4.78 is 10.9. The average molecular weight is 166 g/mol. The second-order valence-electron chi connectivity index (χ2n) is 2.23. The summed E-state index contributed by atoms with van der Waals surface area (Å²) >= 11 is -0.874. The van der Waals surface area contributed by atoms with Crippen molar-refractivity contribution in [2.75, 3.05) is 6.26 Å². The minimum atomic E-state index is -0.874. The quantitative estimate of drug-likeness (QED) is 0.617. The third-order valence-corrected chi connectivity index (χ3v) is 2.38. The Morgan fingerprint density at radius 2 is 1.91 bits per heavy atom. The molecule has 1 aromatic rings. The highest BCUT2D eigenvalue weighted by atomic mass is 32.2. The maximum Gasteiger partial charge on any atom is 0.152 e. The molecule has 11 heavy (non-hydrogen) atoms. The van der Waals surface area contributed by atoms with Crippen molar-refractivity contribution in [3.05, 3.63) is 36.4 Å². The van der Waals surface area contributed by atoms with Gasteiger partial charge in [0.25, 0.3) is 0 Å². The van der Waals surface area contributed by atoms with E-state index in [9.17, 15) is 4.55 Å². The molecule has 0 aliphatic carbocycles. The zero-order valence-corrected chi connectivity index (χ0v) is 7.23. The normalized spacial score (nSPS) is 12.5. The lowest BCUT2D eigenvalue weighted by Crippen LogP contribution is -1.95. The van der Waals surface area contributed by atoms with Crippen LogP contribution in [0.1, 0.15) is 5.56 Å². The molecule has 0 saturated heterocycles. The van der Waals surface area contributed by atoms with Gasteiger partial charge in [0.15, 0.2) is 4.90 Å². The van der Waals surface area contributed by atoms with Crippen molar-refractivity contribution in [1.29, 1.82) is 0 Å². The molecule has 0 aromatic heterocycles. The van der Waals surface area contributed by atoms with E-state index in [4.69, 9.17) is 0 Å². The molecule has 0 aliphatic heterocycles. The van der Waals surface area contributed by atoms with Gasteiger partial charge < -0.3 is 4.55 Å². The van der Waals surface area contributed by atoms with Crippen molar-refractivity contribution in [1.82, 2.24) is 0 Å². The Balaban J connectivity index is 2.91. The van der Waals surface area contributed by atoms with Gasteiger partial charge in [0.05, 0.1) is 0 Å². The fraction of sp³-hybridized carbons (Fsp3) is 0.111. The predicted octanol–water partition coefficient (Wildman–Crippen LogP) is 2.07. The van der Waals surface area contributed by atoms with Crippen LogP contribution in [0.3, 0.4) is 0 Å². The lowest BCUT2D eigenvalue weighted by atomic mass is 10.2. The van der Waals surface area contributed by atoms with E-state index in [1.807, 2.05) is 24.3 Å². The maximum atomic E-state index is 10.9. The van der Waals surface area contributed by atoms with E-state index in [0.717, 1.165) is 10.5 Å². The first-order valence-corrected chi connectivity index (χ1v) is 4.86. The van der Waals surface area contributed by atoms with Crippen LogP contribution in [0.2, 0.25) is 0 Å². The van der Waals surface area contributed by atoms with Crippen molar-refractivity contribution in [3.63, 3.8) is 0 Å². The first kappa shape index (κ1) is 8.37. The molecule has 0 radical (unpaired) electrons. The molecular formula is C9H10OS. The molecule has 1 atom stereocenters. The molecular weight excluding hydrogens is 156 g/mol. The van der Waals surface area contributed by atoms with E-state index in [1.54, 1.807) is 12.3 Å². The molecule has 0 saturated carbocycles. The molecule has 0 aliphatic rings. The lowest BCUT2D eigenvalue weighted by Gasteiger charge is -2.02. The Kier molecular flexibility index (Phi) is 2.74. The molecule has 0 unspecified atom stereocenters. The number of hydrogen-bond acceptors (Lipinski definition) is 1. The molecule has 2 heteroatoms. The maximum absolute atomic E-state index is 10.9. The molecule has 0 heterocycles. The predicted molar refractivity (Wildman–Crippen MR) is 48.9 cm³/mol. The standard InChI is InChI=1S/C9H10OS/c1-3-8-4-6-9(7-5-8)11(2)10/h3-7H,1H2,2H3/t11-/m0/s1. The SMILES string of the molecule is C=Cc1ccc([S@+](C)[O-])cc1. The van der Waals surface area contributed by atoms with Crippen molar-refractivity contribution in [2.24, 2.45) is 0 Å². The van der Waals surface area contributed by atoms with Crippen LogP contribution < -0.4 is 0 Å². The summed E-state index contributed by atoms with van der Waals surface area (Å²) in [6.07, 6.45) is 3.44. The van der Waals surface area contributed by atoms with Crippen LogP contribution in [-0.4, -0.2) is 10.8 Å². The molecule has 0 fully saturated rings. The average Bonchev–Trinajstić information content (AvgIpc) is 2.05. The Labute approximate surface area is 69.9 Å². The Bertz CT molecular complexity index is 238. The first-order chi connectivity index (χ1) is 5.24. The molecule has 1 aromatic carbocycles. The monoisotopic (exact) mass is 166 g/mol. The number of rotatable bonds is 2. The van der Waals surface area contributed by atoms with Gasteiger partial charge >= 0.3 is 0 Å². The molecule has 58 valence electrons. The summed E-state index contributed by atoms with van der Waals surface area (Å²) in [5, 5.41) is 0. The van der Waals surface area contributed by atoms with Gasteiger partial charge in [-0.05, 0) is 28.9 Å². The fourth-order valence-electron chi connectivity index (χ4n) is 0.796. The molecule has 0 amide bonds. The Hall–Kier alpha value is -0.730. The topological polar surface area (TPSA) is 23.1 Å². The second-order valence-corrected chi connectivity index (χ2v) is 3.61. The van der Waals surface area contributed by atoms with Gasteiger partial charge in [0, 0.05) is 0 Å². The Morgan fingerprint density at radius 1 is 1.36 bits per heavy atom.